The number of hydrogen-bond donors (Lipinski definition) is 3. The van der Waals surface area contributed by atoms with E-state index in [2.05, 4.69) is 20.4 Å². The first-order valence-corrected chi connectivity index (χ1v) is 6.87. The van der Waals surface area contributed by atoms with Gasteiger partial charge in [0.2, 0.25) is 0 Å². The number of hydrogen-bond acceptors (Lipinski definition) is 6. The first-order valence-electron chi connectivity index (χ1n) is 6.87. The van der Waals surface area contributed by atoms with E-state index in [0.717, 1.165) is 0 Å². The third-order valence-electron chi connectivity index (χ3n) is 3.26. The van der Waals surface area contributed by atoms with Crippen molar-refractivity contribution < 1.29 is 4.92 Å². The maximum absolute atomic E-state index is 11.9. The van der Waals surface area contributed by atoms with Crippen LogP contribution >= 0.6 is 0 Å². The molecule has 9 nitrogen and oxygen atoms in total. The minimum atomic E-state index is -0.526. The summed E-state index contributed by atoms with van der Waals surface area (Å²) in [5.74, 6) is 0. The second-order valence-corrected chi connectivity index (χ2v) is 4.90. The smallest absolute Gasteiger partial charge is 0.292 e. The Morgan fingerprint density at radius 3 is 2.50 bits per heavy atom. The van der Waals surface area contributed by atoms with Crippen LogP contribution in [0.5, 0.6) is 0 Å². The Labute approximate surface area is 135 Å². The Morgan fingerprint density at radius 2 is 1.79 bits per heavy atom. The third kappa shape index (κ3) is 3.04. The number of nitrogen functional groups attached to an aromatic ring is 1. The molecule has 3 aromatic rings. The summed E-state index contributed by atoms with van der Waals surface area (Å²) in [7, 11) is 0. The highest BCUT2D eigenvalue weighted by Gasteiger charge is 2.12. The molecule has 0 aliphatic carbocycles. The largest absolute Gasteiger partial charge is 0.399 e. The van der Waals surface area contributed by atoms with Crippen LogP contribution < -0.4 is 11.3 Å². The normalized spacial score (nSPS) is 11.0. The predicted octanol–water partition coefficient (Wildman–Crippen LogP) is 3.28. The van der Waals surface area contributed by atoms with Gasteiger partial charge in [0.15, 0.2) is 5.69 Å². The van der Waals surface area contributed by atoms with Crippen LogP contribution in [0.15, 0.2) is 63.6 Å². The molecule has 0 spiro atoms. The second kappa shape index (κ2) is 6.16. The van der Waals surface area contributed by atoms with Crippen molar-refractivity contribution in [3.8, 4) is 11.3 Å². The number of nitro groups is 1. The summed E-state index contributed by atoms with van der Waals surface area (Å²) >= 11 is 0. The standard InChI is InChI=1S/C15H12N6O3/c16-10-6-4-9(5-7-10)13-14(15(22)20-18-13)19-17-11-2-1-3-12(8-11)21(23)24/h1-8H,16H2,(H2,18,20,22). The molecule has 0 unspecified atom stereocenters. The van der Waals surface area contributed by atoms with E-state index in [4.69, 9.17) is 5.73 Å². The maximum atomic E-state index is 11.9. The van der Waals surface area contributed by atoms with Gasteiger partial charge in [-0.15, -0.1) is 5.11 Å². The number of benzene rings is 2. The molecule has 1 aromatic heterocycles. The zero-order chi connectivity index (χ0) is 17.1. The monoisotopic (exact) mass is 324 g/mol. The molecule has 0 aliphatic heterocycles. The Balaban J connectivity index is 1.97. The van der Waals surface area contributed by atoms with Crippen molar-refractivity contribution in [2.45, 2.75) is 0 Å². The maximum Gasteiger partial charge on any atom is 0.292 e. The lowest BCUT2D eigenvalue weighted by Gasteiger charge is -1.99. The summed E-state index contributed by atoms with van der Waals surface area (Å²) in [5, 5.41) is 23.8. The number of nitrogens with zero attached hydrogens (tertiary/aromatic N) is 3. The Hall–Kier alpha value is -3.75. The molecule has 1 heterocycles. The van der Waals surface area contributed by atoms with E-state index < -0.39 is 10.5 Å². The first kappa shape index (κ1) is 15.2. The van der Waals surface area contributed by atoms with E-state index in [9.17, 15) is 14.9 Å². The van der Waals surface area contributed by atoms with Crippen molar-refractivity contribution in [1.82, 2.24) is 10.2 Å². The average Bonchev–Trinajstić information content (AvgIpc) is 2.95. The lowest BCUT2D eigenvalue weighted by molar-refractivity contribution is -0.384. The lowest BCUT2D eigenvalue weighted by atomic mass is 10.1. The van der Waals surface area contributed by atoms with Crippen LogP contribution in [0.2, 0.25) is 0 Å². The van der Waals surface area contributed by atoms with E-state index in [1.165, 1.54) is 18.2 Å². The fraction of sp³-hybridized carbons (Fsp3) is 0. The van der Waals surface area contributed by atoms with Crippen LogP contribution in [0.25, 0.3) is 11.3 Å². The van der Waals surface area contributed by atoms with Gasteiger partial charge in [-0.05, 0) is 18.2 Å². The van der Waals surface area contributed by atoms with Crippen LogP contribution in [0.3, 0.4) is 0 Å². The number of rotatable bonds is 4. The van der Waals surface area contributed by atoms with Crippen LogP contribution in [-0.4, -0.2) is 15.1 Å². The van der Waals surface area contributed by atoms with Gasteiger partial charge in [0.1, 0.15) is 0 Å². The number of azo groups is 1. The SMILES string of the molecule is Nc1ccc(-c2[nH][nH]c(=O)c2N=Nc2cccc([N+](=O)[O-])c2)cc1. The van der Waals surface area contributed by atoms with Gasteiger partial charge in [-0.3, -0.25) is 25.1 Å². The van der Waals surface area contributed by atoms with Gasteiger partial charge in [0, 0.05) is 23.4 Å². The van der Waals surface area contributed by atoms with Crippen molar-refractivity contribution in [2.75, 3.05) is 5.73 Å². The molecule has 120 valence electrons. The highest BCUT2D eigenvalue weighted by atomic mass is 16.6. The lowest BCUT2D eigenvalue weighted by Crippen LogP contribution is -1.96. The van der Waals surface area contributed by atoms with Crippen molar-refractivity contribution >= 4 is 22.7 Å². The molecule has 0 saturated carbocycles. The minimum Gasteiger partial charge on any atom is -0.399 e. The fourth-order valence-corrected chi connectivity index (χ4v) is 2.08. The van der Waals surface area contributed by atoms with Crippen LogP contribution in [-0.2, 0) is 0 Å². The first-order chi connectivity index (χ1) is 11.5. The van der Waals surface area contributed by atoms with Crippen LogP contribution in [0, 0.1) is 10.1 Å². The highest BCUT2D eigenvalue weighted by Crippen LogP contribution is 2.27. The molecule has 0 radical (unpaired) electrons. The molecule has 0 bridgehead atoms. The van der Waals surface area contributed by atoms with Crippen LogP contribution in [0.1, 0.15) is 0 Å². The van der Waals surface area contributed by atoms with Crippen molar-refractivity contribution in [1.29, 1.82) is 0 Å². The molecule has 0 saturated heterocycles. The van der Waals surface area contributed by atoms with E-state index in [0.29, 0.717) is 16.9 Å². The molecule has 24 heavy (non-hydrogen) atoms. The van der Waals surface area contributed by atoms with Gasteiger partial charge in [-0.1, -0.05) is 18.2 Å². The number of nitrogens with one attached hydrogen (secondary N) is 2. The summed E-state index contributed by atoms with van der Waals surface area (Å²) in [6.45, 7) is 0. The summed E-state index contributed by atoms with van der Waals surface area (Å²) in [6.07, 6.45) is 0. The molecular formula is C15H12N6O3. The van der Waals surface area contributed by atoms with Crippen molar-refractivity contribution in [3.63, 3.8) is 0 Å². The van der Waals surface area contributed by atoms with E-state index >= 15 is 0 Å². The van der Waals surface area contributed by atoms with E-state index in [-0.39, 0.29) is 17.1 Å². The van der Waals surface area contributed by atoms with Crippen LogP contribution in [0.4, 0.5) is 22.7 Å². The molecule has 0 fully saturated rings. The highest BCUT2D eigenvalue weighted by molar-refractivity contribution is 5.72. The number of aromatic amines is 2. The second-order valence-electron chi connectivity index (χ2n) is 4.90. The van der Waals surface area contributed by atoms with Gasteiger partial charge < -0.3 is 5.73 Å². The molecule has 4 N–H and O–H groups in total. The van der Waals surface area contributed by atoms with Crippen molar-refractivity contribution in [3.05, 3.63) is 69.0 Å². The average molecular weight is 324 g/mol. The molecule has 0 aliphatic rings. The number of nitro benzene ring substituents is 1. The third-order valence-corrected chi connectivity index (χ3v) is 3.26. The molecule has 0 atom stereocenters. The molecular weight excluding hydrogens is 312 g/mol. The Kier molecular flexibility index (Phi) is 3.89. The Morgan fingerprint density at radius 1 is 1.04 bits per heavy atom. The van der Waals surface area contributed by atoms with Gasteiger partial charge in [0.25, 0.3) is 11.2 Å². The summed E-state index contributed by atoms with van der Waals surface area (Å²) in [5.41, 5.74) is 7.19. The van der Waals surface area contributed by atoms with Gasteiger partial charge in [0.05, 0.1) is 16.3 Å². The number of nitrogens with two attached hydrogens (primary N) is 1. The van der Waals surface area contributed by atoms with Gasteiger partial charge in [-0.2, -0.15) is 5.11 Å². The summed E-state index contributed by atoms with van der Waals surface area (Å²) in [4.78, 5) is 22.1. The topological polar surface area (TPSA) is 143 Å². The zero-order valence-electron chi connectivity index (χ0n) is 12.3. The van der Waals surface area contributed by atoms with E-state index in [1.807, 2.05) is 0 Å². The summed E-state index contributed by atoms with van der Waals surface area (Å²) < 4.78 is 0. The number of aromatic nitrogens is 2. The molecule has 3 rings (SSSR count). The Bertz CT molecular complexity index is 971. The molecule has 0 amide bonds. The van der Waals surface area contributed by atoms with E-state index in [1.54, 1.807) is 30.3 Å². The molecule has 9 heteroatoms. The minimum absolute atomic E-state index is 0.0753. The number of anilines is 1. The molecule has 2 aromatic carbocycles. The van der Waals surface area contributed by atoms with Crippen molar-refractivity contribution in [2.24, 2.45) is 10.2 Å². The number of non-ortho nitro benzene ring substituents is 1. The summed E-state index contributed by atoms with van der Waals surface area (Å²) in [6, 6.07) is 12.5. The van der Waals surface area contributed by atoms with Gasteiger partial charge >= 0.3 is 0 Å². The van der Waals surface area contributed by atoms with Gasteiger partial charge in [-0.25, -0.2) is 0 Å². The predicted molar refractivity (Wildman–Crippen MR) is 88.5 cm³/mol. The fourth-order valence-electron chi connectivity index (χ4n) is 2.08. The number of H-pyrrole nitrogens is 2. The quantitative estimate of drug-likeness (QED) is 0.293. The zero-order valence-corrected chi connectivity index (χ0v) is 12.3.